The van der Waals surface area contributed by atoms with Gasteiger partial charge in [0.15, 0.2) is 11.5 Å². The van der Waals surface area contributed by atoms with E-state index in [2.05, 4.69) is 5.10 Å². The molecule has 2 aromatic rings. The maximum atomic E-state index is 12.0. The molecule has 126 valence electrons. The fraction of sp³-hybridized carbons (Fsp3) is 0.294. The summed E-state index contributed by atoms with van der Waals surface area (Å²) >= 11 is 7.48. The molecular weight excluding hydrogens is 348 g/mol. The number of hydrazone groups is 1. The summed E-state index contributed by atoms with van der Waals surface area (Å²) in [4.78, 5) is 13.0. The summed E-state index contributed by atoms with van der Waals surface area (Å²) in [5.41, 5.74) is 1.81. The number of ether oxygens (including phenoxy) is 2. The first-order valence-corrected chi connectivity index (χ1v) is 8.58. The second kappa shape index (κ2) is 6.83. The SMILES string of the molecule is COc1ccc(C2CC(c3ccc(Cl)s3)=NN2C(C)=O)cc1OC. The predicted octanol–water partition coefficient (Wildman–Crippen LogP) is 4.12. The number of carbonyl (C=O) groups excluding carboxylic acids is 1. The van der Waals surface area contributed by atoms with E-state index in [1.807, 2.05) is 30.3 Å². The number of nitrogens with zero attached hydrogens (tertiary/aromatic N) is 2. The number of amides is 1. The molecule has 24 heavy (non-hydrogen) atoms. The van der Waals surface area contributed by atoms with Gasteiger partial charge in [0.2, 0.25) is 5.91 Å². The quantitative estimate of drug-likeness (QED) is 0.820. The Labute approximate surface area is 149 Å². The molecule has 3 rings (SSSR count). The molecule has 0 spiro atoms. The van der Waals surface area contributed by atoms with Crippen LogP contribution in [-0.2, 0) is 4.79 Å². The van der Waals surface area contributed by atoms with E-state index in [0.29, 0.717) is 22.3 Å². The van der Waals surface area contributed by atoms with E-state index in [-0.39, 0.29) is 11.9 Å². The van der Waals surface area contributed by atoms with Gasteiger partial charge in [0, 0.05) is 13.3 Å². The molecule has 0 fully saturated rings. The number of methoxy groups -OCH3 is 2. The van der Waals surface area contributed by atoms with Crippen molar-refractivity contribution < 1.29 is 14.3 Å². The summed E-state index contributed by atoms with van der Waals surface area (Å²) < 4.78 is 11.3. The lowest BCUT2D eigenvalue weighted by molar-refractivity contribution is -0.130. The molecule has 0 N–H and O–H groups in total. The summed E-state index contributed by atoms with van der Waals surface area (Å²) in [6.07, 6.45) is 0.631. The van der Waals surface area contributed by atoms with Crippen LogP contribution in [0.3, 0.4) is 0 Å². The second-order valence-corrected chi connectivity index (χ2v) is 7.06. The van der Waals surface area contributed by atoms with Crippen molar-refractivity contribution in [3.05, 3.63) is 45.1 Å². The highest BCUT2D eigenvalue weighted by Crippen LogP contribution is 2.38. The Morgan fingerprint density at radius 1 is 1.25 bits per heavy atom. The van der Waals surface area contributed by atoms with E-state index in [4.69, 9.17) is 21.1 Å². The highest BCUT2D eigenvalue weighted by Gasteiger charge is 2.32. The van der Waals surface area contributed by atoms with E-state index >= 15 is 0 Å². The molecule has 1 aliphatic rings. The highest BCUT2D eigenvalue weighted by atomic mass is 35.5. The number of carbonyl (C=O) groups is 1. The summed E-state index contributed by atoms with van der Waals surface area (Å²) in [6.45, 7) is 1.52. The minimum absolute atomic E-state index is 0.104. The van der Waals surface area contributed by atoms with Gasteiger partial charge < -0.3 is 9.47 Å². The van der Waals surface area contributed by atoms with Crippen LogP contribution >= 0.6 is 22.9 Å². The molecule has 0 aliphatic carbocycles. The van der Waals surface area contributed by atoms with Crippen molar-refractivity contribution in [2.75, 3.05) is 14.2 Å². The van der Waals surface area contributed by atoms with Crippen LogP contribution in [0.2, 0.25) is 4.34 Å². The van der Waals surface area contributed by atoms with Crippen LogP contribution in [0.1, 0.15) is 29.8 Å². The van der Waals surface area contributed by atoms with Gasteiger partial charge in [0.1, 0.15) is 0 Å². The lowest BCUT2D eigenvalue weighted by Crippen LogP contribution is -2.24. The third kappa shape index (κ3) is 3.12. The van der Waals surface area contributed by atoms with Gasteiger partial charge in [-0.25, -0.2) is 5.01 Å². The van der Waals surface area contributed by atoms with Crippen LogP contribution < -0.4 is 9.47 Å². The zero-order chi connectivity index (χ0) is 17.3. The maximum Gasteiger partial charge on any atom is 0.240 e. The molecule has 1 aromatic carbocycles. The zero-order valence-electron chi connectivity index (χ0n) is 13.6. The summed E-state index contributed by atoms with van der Waals surface area (Å²) in [7, 11) is 3.19. The van der Waals surface area contributed by atoms with E-state index in [1.54, 1.807) is 14.2 Å². The van der Waals surface area contributed by atoms with Crippen molar-refractivity contribution in [2.24, 2.45) is 5.10 Å². The van der Waals surface area contributed by atoms with E-state index in [9.17, 15) is 4.79 Å². The number of hydrogen-bond acceptors (Lipinski definition) is 5. The Hall–Kier alpha value is -2.05. The van der Waals surface area contributed by atoms with Crippen molar-refractivity contribution in [2.45, 2.75) is 19.4 Å². The Morgan fingerprint density at radius 2 is 2.00 bits per heavy atom. The van der Waals surface area contributed by atoms with Gasteiger partial charge in [-0.15, -0.1) is 11.3 Å². The molecule has 0 radical (unpaired) electrons. The molecule has 1 aliphatic heterocycles. The zero-order valence-corrected chi connectivity index (χ0v) is 15.1. The van der Waals surface area contributed by atoms with Gasteiger partial charge >= 0.3 is 0 Å². The van der Waals surface area contributed by atoms with Crippen LogP contribution in [0.5, 0.6) is 11.5 Å². The largest absolute Gasteiger partial charge is 0.493 e. The van der Waals surface area contributed by atoms with Crippen LogP contribution in [0.4, 0.5) is 0 Å². The number of rotatable bonds is 4. The van der Waals surface area contributed by atoms with Crippen molar-refractivity contribution in [3.8, 4) is 11.5 Å². The number of halogens is 1. The van der Waals surface area contributed by atoms with Crippen LogP contribution in [0.25, 0.3) is 0 Å². The number of benzene rings is 1. The van der Waals surface area contributed by atoms with Gasteiger partial charge in [-0.05, 0) is 29.8 Å². The maximum absolute atomic E-state index is 12.0. The minimum Gasteiger partial charge on any atom is -0.493 e. The molecule has 0 saturated heterocycles. The van der Waals surface area contributed by atoms with E-state index < -0.39 is 0 Å². The third-order valence-electron chi connectivity index (χ3n) is 3.88. The first kappa shape index (κ1) is 16.8. The summed E-state index contributed by atoms with van der Waals surface area (Å²) in [5, 5.41) is 6.03. The van der Waals surface area contributed by atoms with Gasteiger partial charge in [-0.1, -0.05) is 17.7 Å². The molecule has 2 heterocycles. The summed E-state index contributed by atoms with van der Waals surface area (Å²) in [5.74, 6) is 1.18. The van der Waals surface area contributed by atoms with Crippen molar-refractivity contribution >= 4 is 34.6 Å². The van der Waals surface area contributed by atoms with Gasteiger partial charge in [0.25, 0.3) is 0 Å². The Bertz CT molecular complexity index is 803. The highest BCUT2D eigenvalue weighted by molar-refractivity contribution is 7.18. The fourth-order valence-electron chi connectivity index (χ4n) is 2.74. The van der Waals surface area contributed by atoms with E-state index in [1.165, 1.54) is 23.3 Å². The van der Waals surface area contributed by atoms with Gasteiger partial charge in [0.05, 0.1) is 35.2 Å². The lowest BCUT2D eigenvalue weighted by atomic mass is 10.0. The monoisotopic (exact) mass is 364 g/mol. The number of hydrogen-bond donors (Lipinski definition) is 0. The topological polar surface area (TPSA) is 51.1 Å². The molecule has 1 atom stereocenters. The van der Waals surface area contributed by atoms with Gasteiger partial charge in [-0.3, -0.25) is 4.79 Å². The Kier molecular flexibility index (Phi) is 4.78. The first-order chi connectivity index (χ1) is 11.5. The lowest BCUT2D eigenvalue weighted by Gasteiger charge is -2.21. The molecular formula is C17H17ClN2O3S. The predicted molar refractivity (Wildman–Crippen MR) is 95.3 cm³/mol. The molecule has 1 amide bonds. The molecule has 0 bridgehead atoms. The molecule has 0 saturated carbocycles. The van der Waals surface area contributed by atoms with E-state index in [0.717, 1.165) is 16.2 Å². The third-order valence-corrected chi connectivity index (χ3v) is 5.16. The Morgan fingerprint density at radius 3 is 2.58 bits per heavy atom. The normalized spacial score (nSPS) is 16.9. The molecule has 5 nitrogen and oxygen atoms in total. The van der Waals surface area contributed by atoms with Crippen molar-refractivity contribution in [1.82, 2.24) is 5.01 Å². The van der Waals surface area contributed by atoms with Crippen LogP contribution in [0, 0.1) is 0 Å². The smallest absolute Gasteiger partial charge is 0.240 e. The standard InChI is InChI=1S/C17H17ClN2O3S/c1-10(21)20-13(9-12(19-20)16-6-7-17(18)24-16)11-4-5-14(22-2)15(8-11)23-3/h4-8,13H,9H2,1-3H3. The van der Waals surface area contributed by atoms with Gasteiger partial charge in [-0.2, -0.15) is 5.10 Å². The van der Waals surface area contributed by atoms with Crippen molar-refractivity contribution in [3.63, 3.8) is 0 Å². The fourth-order valence-corrected chi connectivity index (χ4v) is 3.78. The number of thiophene rings is 1. The minimum atomic E-state index is -0.168. The molecule has 1 unspecified atom stereocenters. The van der Waals surface area contributed by atoms with Crippen LogP contribution in [0.15, 0.2) is 35.4 Å². The Balaban J connectivity index is 1.95. The van der Waals surface area contributed by atoms with Crippen molar-refractivity contribution in [1.29, 1.82) is 0 Å². The average molecular weight is 365 g/mol. The van der Waals surface area contributed by atoms with Crippen LogP contribution in [-0.4, -0.2) is 30.8 Å². The average Bonchev–Trinajstić information content (AvgIpc) is 3.20. The first-order valence-electron chi connectivity index (χ1n) is 7.38. The summed E-state index contributed by atoms with van der Waals surface area (Å²) in [6, 6.07) is 9.26. The molecule has 1 aromatic heterocycles. The molecule has 7 heteroatoms. The second-order valence-electron chi connectivity index (χ2n) is 5.35.